The van der Waals surface area contributed by atoms with E-state index in [4.69, 9.17) is 9.72 Å². The molecule has 2 rings (SSSR count). The van der Waals surface area contributed by atoms with Gasteiger partial charge in [-0.1, -0.05) is 57.7 Å². The van der Waals surface area contributed by atoms with Gasteiger partial charge in [-0.15, -0.1) is 0 Å². The number of carbonyl (C=O) groups is 1. The van der Waals surface area contributed by atoms with Crippen LogP contribution in [0.4, 0.5) is 0 Å². The van der Waals surface area contributed by atoms with Gasteiger partial charge in [0.1, 0.15) is 5.75 Å². The normalized spacial score (nSPS) is 11.3. The summed E-state index contributed by atoms with van der Waals surface area (Å²) >= 11 is 0. The minimum atomic E-state index is -0.217. The molecule has 3 heteroatoms. The molecule has 1 aromatic carbocycles. The topological polar surface area (TPSA) is 39.2 Å². The van der Waals surface area contributed by atoms with Crippen LogP contribution in [-0.4, -0.2) is 11.0 Å². The van der Waals surface area contributed by atoms with Crippen LogP contribution in [0.3, 0.4) is 0 Å². The number of pyridine rings is 1. The van der Waals surface area contributed by atoms with Crippen LogP contribution < -0.4 is 4.74 Å². The van der Waals surface area contributed by atoms with Gasteiger partial charge < -0.3 is 4.74 Å². The Kier molecular flexibility index (Phi) is 7.65. The molecule has 3 nitrogen and oxygen atoms in total. The number of benzene rings is 1. The molecule has 0 fully saturated rings. The van der Waals surface area contributed by atoms with Crippen LogP contribution in [0.25, 0.3) is 17.0 Å². The first kappa shape index (κ1) is 19.2. The Morgan fingerprint density at radius 3 is 2.64 bits per heavy atom. The molecule has 0 bridgehead atoms. The molecule has 0 saturated heterocycles. The fourth-order valence-corrected chi connectivity index (χ4v) is 2.84. The fraction of sp³-hybridized carbons (Fsp3) is 0.455. The molecular weight excluding hydrogens is 310 g/mol. The zero-order chi connectivity index (χ0) is 18.1. The molecule has 0 N–H and O–H groups in total. The van der Waals surface area contributed by atoms with Crippen molar-refractivity contribution < 1.29 is 9.53 Å². The smallest absolute Gasteiger partial charge is 0.310 e. The summed E-state index contributed by atoms with van der Waals surface area (Å²) in [5.41, 5.74) is 2.66. The quantitative estimate of drug-likeness (QED) is 0.401. The molecule has 1 heterocycles. The minimum absolute atomic E-state index is 0.217. The van der Waals surface area contributed by atoms with Crippen molar-refractivity contribution in [3.8, 4) is 5.75 Å². The SMILES string of the molecule is CCCCCCCC=Cc1nc2ccccc2c(OC(=O)CC)c1C. The zero-order valence-corrected chi connectivity index (χ0v) is 15.7. The lowest BCUT2D eigenvalue weighted by molar-refractivity contribution is -0.133. The molecule has 0 amide bonds. The van der Waals surface area contributed by atoms with Crippen molar-refractivity contribution in [3.63, 3.8) is 0 Å². The summed E-state index contributed by atoms with van der Waals surface area (Å²) in [7, 11) is 0. The van der Waals surface area contributed by atoms with Gasteiger partial charge in [0.05, 0.1) is 11.2 Å². The van der Waals surface area contributed by atoms with E-state index in [2.05, 4.69) is 19.1 Å². The average Bonchev–Trinajstić information content (AvgIpc) is 2.63. The highest BCUT2D eigenvalue weighted by Gasteiger charge is 2.14. The summed E-state index contributed by atoms with van der Waals surface area (Å²) < 4.78 is 5.61. The Balaban J connectivity index is 2.19. The molecule has 0 spiro atoms. The Labute approximate surface area is 151 Å². The van der Waals surface area contributed by atoms with Crippen LogP contribution in [0.1, 0.15) is 70.1 Å². The third-order valence-corrected chi connectivity index (χ3v) is 4.37. The van der Waals surface area contributed by atoms with E-state index in [-0.39, 0.29) is 5.97 Å². The Hall–Kier alpha value is -2.16. The number of fused-ring (bicyclic) bond motifs is 1. The van der Waals surface area contributed by atoms with E-state index in [1.807, 2.05) is 31.2 Å². The lowest BCUT2D eigenvalue weighted by Gasteiger charge is -2.12. The molecule has 2 aromatic rings. The molecule has 0 unspecified atom stereocenters. The number of nitrogens with zero attached hydrogens (tertiary/aromatic N) is 1. The number of aromatic nitrogens is 1. The van der Waals surface area contributed by atoms with E-state index in [1.54, 1.807) is 6.92 Å². The lowest BCUT2D eigenvalue weighted by atomic mass is 10.1. The predicted molar refractivity (Wildman–Crippen MR) is 105 cm³/mol. The lowest BCUT2D eigenvalue weighted by Crippen LogP contribution is -2.08. The van der Waals surface area contributed by atoms with E-state index in [9.17, 15) is 4.79 Å². The van der Waals surface area contributed by atoms with Crippen molar-refractivity contribution in [2.75, 3.05) is 0 Å². The zero-order valence-electron chi connectivity index (χ0n) is 15.7. The maximum absolute atomic E-state index is 11.8. The number of carbonyl (C=O) groups excluding carboxylic acids is 1. The third-order valence-electron chi connectivity index (χ3n) is 4.37. The first-order valence-corrected chi connectivity index (χ1v) is 9.43. The Bertz CT molecular complexity index is 734. The van der Waals surface area contributed by atoms with Gasteiger partial charge >= 0.3 is 5.97 Å². The Morgan fingerprint density at radius 1 is 1.12 bits per heavy atom. The second kappa shape index (κ2) is 9.97. The number of allylic oxidation sites excluding steroid dienone is 1. The van der Waals surface area contributed by atoms with Crippen molar-refractivity contribution in [1.82, 2.24) is 4.98 Å². The number of unbranched alkanes of at least 4 members (excludes halogenated alkanes) is 5. The van der Waals surface area contributed by atoms with Crippen LogP contribution in [0.15, 0.2) is 30.3 Å². The van der Waals surface area contributed by atoms with Crippen molar-refractivity contribution in [2.24, 2.45) is 0 Å². The highest BCUT2D eigenvalue weighted by molar-refractivity contribution is 5.90. The molecule has 25 heavy (non-hydrogen) atoms. The molecule has 134 valence electrons. The van der Waals surface area contributed by atoms with Crippen molar-refractivity contribution in [2.45, 2.75) is 65.7 Å². The molecule has 0 saturated carbocycles. The summed E-state index contributed by atoms with van der Waals surface area (Å²) in [6.07, 6.45) is 12.1. The van der Waals surface area contributed by atoms with E-state index in [1.165, 1.54) is 32.1 Å². The van der Waals surface area contributed by atoms with Crippen LogP contribution in [0.2, 0.25) is 0 Å². The van der Waals surface area contributed by atoms with Gasteiger partial charge in [-0.25, -0.2) is 4.98 Å². The summed E-state index contributed by atoms with van der Waals surface area (Å²) in [4.78, 5) is 16.6. The van der Waals surface area contributed by atoms with Crippen molar-refractivity contribution in [1.29, 1.82) is 0 Å². The van der Waals surface area contributed by atoms with Crippen LogP contribution in [0.5, 0.6) is 5.75 Å². The molecule has 0 atom stereocenters. The van der Waals surface area contributed by atoms with E-state index < -0.39 is 0 Å². The van der Waals surface area contributed by atoms with E-state index in [0.29, 0.717) is 12.2 Å². The first-order valence-electron chi connectivity index (χ1n) is 9.43. The summed E-state index contributed by atoms with van der Waals surface area (Å²) in [5.74, 6) is 0.422. The minimum Gasteiger partial charge on any atom is -0.425 e. The highest BCUT2D eigenvalue weighted by Crippen LogP contribution is 2.31. The van der Waals surface area contributed by atoms with E-state index >= 15 is 0 Å². The summed E-state index contributed by atoms with van der Waals surface area (Å²) in [6, 6.07) is 7.81. The number of rotatable bonds is 9. The molecular formula is C22H29NO2. The molecule has 0 aliphatic carbocycles. The number of hydrogen-bond donors (Lipinski definition) is 0. The molecule has 0 radical (unpaired) electrons. The van der Waals surface area contributed by atoms with Gasteiger partial charge in [-0.2, -0.15) is 0 Å². The van der Waals surface area contributed by atoms with Gasteiger partial charge in [0.2, 0.25) is 0 Å². The van der Waals surface area contributed by atoms with Gasteiger partial charge in [-0.3, -0.25) is 4.79 Å². The van der Waals surface area contributed by atoms with Crippen LogP contribution in [0, 0.1) is 6.92 Å². The maximum atomic E-state index is 11.8. The van der Waals surface area contributed by atoms with Crippen LogP contribution >= 0.6 is 0 Å². The van der Waals surface area contributed by atoms with Crippen molar-refractivity contribution >= 4 is 22.9 Å². The maximum Gasteiger partial charge on any atom is 0.310 e. The van der Waals surface area contributed by atoms with Gasteiger partial charge in [0.15, 0.2) is 0 Å². The second-order valence-corrected chi connectivity index (χ2v) is 6.40. The molecule has 0 aliphatic rings. The van der Waals surface area contributed by atoms with Crippen molar-refractivity contribution in [3.05, 3.63) is 41.6 Å². The molecule has 0 aliphatic heterocycles. The van der Waals surface area contributed by atoms with E-state index in [0.717, 1.165) is 28.6 Å². The summed E-state index contributed by atoms with van der Waals surface area (Å²) in [6.45, 7) is 6.01. The number of hydrogen-bond acceptors (Lipinski definition) is 3. The number of esters is 1. The second-order valence-electron chi connectivity index (χ2n) is 6.40. The highest BCUT2D eigenvalue weighted by atomic mass is 16.5. The number of para-hydroxylation sites is 1. The predicted octanol–water partition coefficient (Wildman–Crippen LogP) is 6.23. The molecule has 1 aromatic heterocycles. The Morgan fingerprint density at radius 2 is 1.88 bits per heavy atom. The van der Waals surface area contributed by atoms with Gasteiger partial charge in [0, 0.05) is 17.4 Å². The summed E-state index contributed by atoms with van der Waals surface area (Å²) in [5, 5.41) is 0.888. The van der Waals surface area contributed by atoms with Gasteiger partial charge in [-0.05, 0) is 38.0 Å². The standard InChI is InChI=1S/C22H29NO2/c1-4-6-7-8-9-10-11-15-19-17(3)22(25-21(24)5-2)18-14-12-13-16-20(18)23-19/h11-16H,4-10H2,1-3H3. The monoisotopic (exact) mass is 339 g/mol. The average molecular weight is 339 g/mol. The largest absolute Gasteiger partial charge is 0.425 e. The first-order chi connectivity index (χ1) is 12.2. The fourth-order valence-electron chi connectivity index (χ4n) is 2.84. The number of ether oxygens (including phenoxy) is 1. The van der Waals surface area contributed by atoms with Crippen LogP contribution in [-0.2, 0) is 4.79 Å². The van der Waals surface area contributed by atoms with Gasteiger partial charge in [0.25, 0.3) is 0 Å². The third kappa shape index (κ3) is 5.42.